The second-order valence-electron chi connectivity index (χ2n) is 27.2. The number of esters is 2. The van der Waals surface area contributed by atoms with Gasteiger partial charge in [0.25, 0.3) is 0 Å². The molecule has 0 heterocycles. The lowest BCUT2D eigenvalue weighted by Gasteiger charge is -2.57. The normalized spacial score (nSPS) is 36.2. The molecule has 9 rings (SSSR count). The maximum Gasteiger partial charge on any atom is 0.325 e. The molecule has 16 atom stereocenters. The van der Waals surface area contributed by atoms with Gasteiger partial charge in [0.15, 0.2) is 24.8 Å². The van der Waals surface area contributed by atoms with E-state index in [0.29, 0.717) is 44.3 Å². The maximum absolute atomic E-state index is 14.0. The van der Waals surface area contributed by atoms with Gasteiger partial charge in [-0.15, -0.1) is 0 Å². The molecule has 18 nitrogen and oxygen atoms in total. The summed E-state index contributed by atoms with van der Waals surface area (Å²) in [5, 5.41) is 29.7. The van der Waals surface area contributed by atoms with E-state index in [1.54, 1.807) is 36.9 Å². The zero-order valence-corrected chi connectivity index (χ0v) is 52.5. The fourth-order valence-electron chi connectivity index (χ4n) is 17.2. The van der Waals surface area contributed by atoms with Gasteiger partial charge in [-0.1, -0.05) is 57.9 Å². The first-order chi connectivity index (χ1) is 40.7. The van der Waals surface area contributed by atoms with Crippen LogP contribution in [0.25, 0.3) is 0 Å². The van der Waals surface area contributed by atoms with Crippen molar-refractivity contribution in [1.29, 1.82) is 0 Å². The molecule has 0 aromatic rings. The predicted molar refractivity (Wildman–Crippen MR) is 321 cm³/mol. The maximum atomic E-state index is 14.0. The number of ether oxygens (including phenoxy) is 3. The highest BCUT2D eigenvalue weighted by Gasteiger charge is 2.69. The van der Waals surface area contributed by atoms with Crippen molar-refractivity contribution < 1.29 is 77.2 Å². The first kappa shape index (κ1) is 65.6. The van der Waals surface area contributed by atoms with Crippen LogP contribution in [0.1, 0.15) is 151 Å². The number of amides is 2. The Bertz CT molecular complexity index is 2900. The van der Waals surface area contributed by atoms with Gasteiger partial charge < -0.3 is 35.1 Å². The number of aliphatic hydroxyl groups is 2. The number of nitrogens with one attached hydrogen (secondary N) is 2. The summed E-state index contributed by atoms with van der Waals surface area (Å²) in [6.45, 7) is 9.12. The fourth-order valence-corrected chi connectivity index (χ4v) is 20.6. The smallest absolute Gasteiger partial charge is 0.325 e. The lowest BCUT2D eigenvalue weighted by atomic mass is 9.46. The van der Waals surface area contributed by atoms with E-state index >= 15 is 0 Å². The van der Waals surface area contributed by atoms with Crippen LogP contribution in [0.4, 0.5) is 0 Å². The third-order valence-electron chi connectivity index (χ3n) is 22.6. The molecule has 9 aliphatic rings. The quantitative estimate of drug-likeness (QED) is 0.0493. The standard InChI is InChI=1S/C66H88N2O16S2/c1-7-39(59(78)67-32-56(76)84-35-55(75)66(81)25-18-50-47-11-9-42-30-44(71)15-22-62(42,4)58(47)51(73)31-64(50,66)6)36-85-52-12-13-53(52)86-37-40(28-45(72)20-27-82-26-19-38(2)69)60(79)68-33-57(77)83-34-54(74)65(80)24-17-49-46-10-8-41-29-43(70)14-21-61(41,3)48(46)16-23-63(49,65)5/h14-15,21-22,29-30,39-40,46-50,52-53,58,80-81H,7-13,16-20,23-28,31-37H2,1-6H3,(H,67,78)(H,68,79)/t39?,40?,46?,47?,48?,49?,50?,52?,53?,58?,61-,62-,63-,64-,65-,66-/m0/s1. The molecule has 0 spiro atoms. The summed E-state index contributed by atoms with van der Waals surface area (Å²) in [5.74, 6) is -4.87. The van der Waals surface area contributed by atoms with Gasteiger partial charge in [0, 0.05) is 81.2 Å². The van der Waals surface area contributed by atoms with Crippen LogP contribution in [0, 0.1) is 69.0 Å². The number of hydrogen-bond donors (Lipinski definition) is 4. The van der Waals surface area contributed by atoms with E-state index in [1.807, 2.05) is 32.9 Å². The molecule has 7 fully saturated rings. The van der Waals surface area contributed by atoms with Crippen LogP contribution in [0.3, 0.4) is 0 Å². The largest absolute Gasteiger partial charge is 0.456 e. The van der Waals surface area contributed by atoms with E-state index in [2.05, 4.69) is 17.6 Å². The molecule has 0 bridgehead atoms. The Kier molecular flexibility index (Phi) is 20.0. The van der Waals surface area contributed by atoms with Crippen LogP contribution in [0.2, 0.25) is 0 Å². The number of thioether (sulfide) groups is 2. The third kappa shape index (κ3) is 12.7. The number of Topliss-reactive ketones (excluding diaryl/α,β-unsaturated/α-hetero) is 5. The van der Waals surface area contributed by atoms with Crippen LogP contribution >= 0.6 is 23.5 Å². The van der Waals surface area contributed by atoms with E-state index in [0.717, 1.165) is 43.3 Å². The SMILES string of the molecule is CCC(CSC1CCC1SCC(CC(=O)CCOCCC(C)=O)C(=O)NCC(=O)OCC(=O)[C@@]1(O)CCC2C3CCC4=CC(=O)C=C[C@]4(C)C3CC[C@@]21C)C(=O)NCC(=O)OCC(=O)[C@@]1(O)CCC2C3CCC4=CC(=O)C=C[C@]4(C)C3C(=O)C[C@@]21C. The Hall–Kier alpha value is -4.89. The molecule has 10 unspecified atom stereocenters. The van der Waals surface area contributed by atoms with Gasteiger partial charge in [0.2, 0.25) is 23.4 Å². The van der Waals surface area contributed by atoms with Crippen molar-refractivity contribution in [3.63, 3.8) is 0 Å². The Morgan fingerprint density at radius 3 is 1.70 bits per heavy atom. The van der Waals surface area contributed by atoms with Crippen LogP contribution in [-0.4, -0.2) is 147 Å². The monoisotopic (exact) mass is 1230 g/mol. The highest BCUT2D eigenvalue weighted by atomic mass is 32.2. The molecule has 4 N–H and O–H groups in total. The minimum absolute atomic E-state index is 0.00972. The second-order valence-corrected chi connectivity index (χ2v) is 29.7. The van der Waals surface area contributed by atoms with Crippen molar-refractivity contribution in [1.82, 2.24) is 10.6 Å². The third-order valence-corrected chi connectivity index (χ3v) is 25.9. The van der Waals surface area contributed by atoms with Crippen LogP contribution < -0.4 is 10.6 Å². The number of carbonyl (C=O) groups is 11. The van der Waals surface area contributed by atoms with E-state index in [9.17, 15) is 63.0 Å². The van der Waals surface area contributed by atoms with Crippen molar-refractivity contribution in [3.8, 4) is 0 Å². The lowest BCUT2D eigenvalue weighted by Crippen LogP contribution is -2.60. The minimum Gasteiger partial charge on any atom is -0.456 e. The number of carbonyl (C=O) groups excluding carboxylic acids is 11. The lowest BCUT2D eigenvalue weighted by molar-refractivity contribution is -0.172. The summed E-state index contributed by atoms with van der Waals surface area (Å²) in [5.41, 5.74) is -4.11. The zero-order valence-electron chi connectivity index (χ0n) is 50.8. The number of rotatable bonds is 27. The summed E-state index contributed by atoms with van der Waals surface area (Å²) >= 11 is 3.14. The topological polar surface area (TPSA) is 280 Å². The van der Waals surface area contributed by atoms with Crippen molar-refractivity contribution >= 4 is 87.8 Å². The van der Waals surface area contributed by atoms with Crippen LogP contribution in [0.15, 0.2) is 47.6 Å². The van der Waals surface area contributed by atoms with Gasteiger partial charge in [-0.05, 0) is 144 Å². The highest BCUT2D eigenvalue weighted by molar-refractivity contribution is 8.04. The fraction of sp³-hybridized carbons (Fsp3) is 0.712. The van der Waals surface area contributed by atoms with Crippen LogP contribution in [0.5, 0.6) is 0 Å². The molecular formula is C66H88N2O16S2. The van der Waals surface area contributed by atoms with Gasteiger partial charge >= 0.3 is 11.9 Å². The van der Waals surface area contributed by atoms with Gasteiger partial charge in [0.05, 0.1) is 19.1 Å². The number of fused-ring (bicyclic) bond motifs is 10. The van der Waals surface area contributed by atoms with Crippen molar-refractivity contribution in [3.05, 3.63) is 47.6 Å². The first-order valence-electron chi connectivity index (χ1n) is 31.3. The van der Waals surface area contributed by atoms with Crippen molar-refractivity contribution in [2.24, 2.45) is 69.0 Å². The molecule has 9 aliphatic carbocycles. The summed E-state index contributed by atoms with van der Waals surface area (Å²) in [6, 6.07) is 0. The molecule has 20 heteroatoms. The number of ketones is 7. The van der Waals surface area contributed by atoms with E-state index in [-0.39, 0.29) is 144 Å². The second kappa shape index (κ2) is 26.3. The predicted octanol–water partition coefficient (Wildman–Crippen LogP) is 6.69. The molecule has 2 amide bonds. The van der Waals surface area contributed by atoms with Gasteiger partial charge in [0.1, 0.15) is 41.6 Å². The average Bonchev–Trinajstić information content (AvgIpc) is 1.44. The summed E-state index contributed by atoms with van der Waals surface area (Å²) in [6.07, 6.45) is 18.7. The molecule has 7 saturated carbocycles. The summed E-state index contributed by atoms with van der Waals surface area (Å²) in [7, 11) is 0. The average molecular weight is 1230 g/mol. The number of hydrogen-bond acceptors (Lipinski definition) is 18. The van der Waals surface area contributed by atoms with E-state index in [1.165, 1.54) is 24.8 Å². The minimum atomic E-state index is -1.89. The number of allylic oxidation sites excluding steroid dienone is 8. The molecule has 0 aromatic heterocycles. The Balaban J connectivity index is 0.714. The molecule has 0 saturated heterocycles. The molecular weight excluding hydrogens is 1140 g/mol. The van der Waals surface area contributed by atoms with Crippen LogP contribution in [-0.2, 0) is 67.0 Å². The summed E-state index contributed by atoms with van der Waals surface area (Å²) < 4.78 is 16.3. The van der Waals surface area contributed by atoms with Gasteiger partial charge in [-0.2, -0.15) is 23.5 Å². The van der Waals surface area contributed by atoms with E-state index in [4.69, 9.17) is 14.2 Å². The molecule has 86 heavy (non-hydrogen) atoms. The van der Waals surface area contributed by atoms with Crippen molar-refractivity contribution in [2.75, 3.05) is 51.0 Å². The molecule has 0 aromatic carbocycles. The zero-order chi connectivity index (χ0) is 62.1. The van der Waals surface area contributed by atoms with Gasteiger partial charge in [-0.3, -0.25) is 52.7 Å². The highest BCUT2D eigenvalue weighted by Crippen LogP contribution is 2.68. The Morgan fingerprint density at radius 2 is 1.13 bits per heavy atom. The van der Waals surface area contributed by atoms with E-state index < -0.39 is 95.0 Å². The Labute approximate surface area is 513 Å². The molecule has 0 radical (unpaired) electrons. The van der Waals surface area contributed by atoms with Gasteiger partial charge in [-0.25, -0.2) is 0 Å². The van der Waals surface area contributed by atoms with Crippen molar-refractivity contribution in [2.45, 2.75) is 172 Å². The first-order valence-corrected chi connectivity index (χ1v) is 33.4. The Morgan fingerprint density at radius 1 is 0.628 bits per heavy atom. The summed E-state index contributed by atoms with van der Waals surface area (Å²) in [4.78, 5) is 144. The molecule has 0 aliphatic heterocycles. The molecule has 470 valence electrons.